The molecule has 1 amide bonds. The molecule has 1 aromatic carbocycles. The van der Waals surface area contributed by atoms with E-state index in [1.807, 2.05) is 52.1 Å². The molecule has 0 aromatic heterocycles. The van der Waals surface area contributed by atoms with E-state index in [0.29, 0.717) is 6.54 Å². The van der Waals surface area contributed by atoms with Gasteiger partial charge in [0.1, 0.15) is 5.60 Å². The quantitative estimate of drug-likeness (QED) is 0.625. The summed E-state index contributed by atoms with van der Waals surface area (Å²) >= 11 is 0. The number of nitrogens with zero attached hydrogens (tertiary/aromatic N) is 1. The Morgan fingerprint density at radius 3 is 2.43 bits per heavy atom. The Bertz CT molecular complexity index is 438. The van der Waals surface area contributed by atoms with Gasteiger partial charge in [0, 0.05) is 31.5 Å². The lowest BCUT2D eigenvalue weighted by Gasteiger charge is -2.20. The Balaban J connectivity index is 2.16. The van der Waals surface area contributed by atoms with Gasteiger partial charge in [-0.2, -0.15) is 0 Å². The summed E-state index contributed by atoms with van der Waals surface area (Å²) < 4.78 is 5.17. The lowest BCUT2D eigenvalue weighted by atomic mass is 10.2. The van der Waals surface area contributed by atoms with Gasteiger partial charge in [0.05, 0.1) is 0 Å². The van der Waals surface area contributed by atoms with Crippen molar-refractivity contribution in [3.05, 3.63) is 24.3 Å². The van der Waals surface area contributed by atoms with Gasteiger partial charge in [-0.25, -0.2) is 4.79 Å². The lowest BCUT2D eigenvalue weighted by molar-refractivity contribution is 0.0527. The fourth-order valence-corrected chi connectivity index (χ4v) is 1.84. The molecule has 21 heavy (non-hydrogen) atoms. The molecule has 0 saturated carbocycles. The first-order valence-electron chi connectivity index (χ1n) is 7.31. The zero-order chi connectivity index (χ0) is 15.9. The molecule has 0 unspecified atom stereocenters. The van der Waals surface area contributed by atoms with E-state index in [2.05, 4.69) is 10.2 Å². The van der Waals surface area contributed by atoms with Gasteiger partial charge in [0.25, 0.3) is 0 Å². The van der Waals surface area contributed by atoms with Crippen molar-refractivity contribution in [2.45, 2.75) is 39.2 Å². The van der Waals surface area contributed by atoms with Gasteiger partial charge in [-0.3, -0.25) is 0 Å². The molecular formula is C16H27N3O2. The number of carbonyl (C=O) groups excluding carboxylic acids is 1. The SMILES string of the molecule is CN(CCCCNC(=O)OC(C)(C)C)c1ccc(N)cc1. The van der Waals surface area contributed by atoms with E-state index in [1.54, 1.807) is 0 Å². The topological polar surface area (TPSA) is 67.6 Å². The summed E-state index contributed by atoms with van der Waals surface area (Å²) in [6, 6.07) is 7.81. The molecule has 0 spiro atoms. The predicted molar refractivity (Wildman–Crippen MR) is 87.6 cm³/mol. The minimum atomic E-state index is -0.445. The molecule has 0 atom stereocenters. The van der Waals surface area contributed by atoms with Crippen LogP contribution < -0.4 is 16.0 Å². The third kappa shape index (κ3) is 7.44. The van der Waals surface area contributed by atoms with Crippen molar-refractivity contribution in [1.82, 2.24) is 5.32 Å². The monoisotopic (exact) mass is 293 g/mol. The first-order chi connectivity index (χ1) is 9.78. The van der Waals surface area contributed by atoms with Crippen molar-refractivity contribution < 1.29 is 9.53 Å². The van der Waals surface area contributed by atoms with Gasteiger partial charge >= 0.3 is 6.09 Å². The fraction of sp³-hybridized carbons (Fsp3) is 0.562. The van der Waals surface area contributed by atoms with Crippen LogP contribution in [-0.4, -0.2) is 31.8 Å². The van der Waals surface area contributed by atoms with Crippen LogP contribution in [0, 0.1) is 0 Å². The summed E-state index contributed by atoms with van der Waals surface area (Å²) in [5.74, 6) is 0. The summed E-state index contributed by atoms with van der Waals surface area (Å²) in [6.45, 7) is 7.13. The normalized spacial score (nSPS) is 11.0. The van der Waals surface area contributed by atoms with Crippen LogP contribution in [0.2, 0.25) is 0 Å². The van der Waals surface area contributed by atoms with Gasteiger partial charge in [0.15, 0.2) is 0 Å². The Kier molecular flexibility index (Phi) is 6.34. The largest absolute Gasteiger partial charge is 0.444 e. The maximum absolute atomic E-state index is 11.5. The Hall–Kier alpha value is -1.91. The van der Waals surface area contributed by atoms with Crippen molar-refractivity contribution in [2.75, 3.05) is 30.8 Å². The van der Waals surface area contributed by atoms with E-state index in [9.17, 15) is 4.79 Å². The predicted octanol–water partition coefficient (Wildman–Crippen LogP) is 3.01. The Morgan fingerprint density at radius 1 is 1.24 bits per heavy atom. The molecule has 5 nitrogen and oxygen atoms in total. The van der Waals surface area contributed by atoms with E-state index in [4.69, 9.17) is 10.5 Å². The molecule has 118 valence electrons. The second kappa shape index (κ2) is 7.76. The smallest absolute Gasteiger partial charge is 0.407 e. The van der Waals surface area contributed by atoms with Crippen LogP contribution >= 0.6 is 0 Å². The highest BCUT2D eigenvalue weighted by atomic mass is 16.6. The lowest BCUT2D eigenvalue weighted by Crippen LogP contribution is -2.33. The summed E-state index contributed by atoms with van der Waals surface area (Å²) in [7, 11) is 2.05. The number of hydrogen-bond donors (Lipinski definition) is 2. The molecule has 0 aliphatic carbocycles. The number of carbonyl (C=O) groups is 1. The maximum Gasteiger partial charge on any atom is 0.407 e. The minimum absolute atomic E-state index is 0.352. The van der Waals surface area contributed by atoms with Crippen LogP contribution in [0.4, 0.5) is 16.2 Å². The van der Waals surface area contributed by atoms with Gasteiger partial charge in [-0.15, -0.1) is 0 Å². The molecular weight excluding hydrogens is 266 g/mol. The number of ether oxygens (including phenoxy) is 1. The number of unbranched alkanes of at least 4 members (excludes halogenated alkanes) is 1. The van der Waals surface area contributed by atoms with E-state index in [1.165, 1.54) is 0 Å². The van der Waals surface area contributed by atoms with Crippen molar-refractivity contribution >= 4 is 17.5 Å². The molecule has 1 rings (SSSR count). The number of nitrogens with two attached hydrogens (primary N) is 1. The third-order valence-electron chi connectivity index (χ3n) is 2.92. The van der Waals surface area contributed by atoms with E-state index >= 15 is 0 Å². The first-order valence-corrected chi connectivity index (χ1v) is 7.31. The highest BCUT2D eigenvalue weighted by Crippen LogP contribution is 2.15. The number of benzene rings is 1. The number of anilines is 2. The van der Waals surface area contributed by atoms with Gasteiger partial charge < -0.3 is 20.7 Å². The zero-order valence-corrected chi connectivity index (χ0v) is 13.5. The Labute approximate surface area is 127 Å². The number of hydrogen-bond acceptors (Lipinski definition) is 4. The Morgan fingerprint density at radius 2 is 1.86 bits per heavy atom. The summed E-state index contributed by atoms with van der Waals surface area (Å²) in [5, 5.41) is 2.76. The van der Waals surface area contributed by atoms with Crippen molar-refractivity contribution in [3.63, 3.8) is 0 Å². The van der Waals surface area contributed by atoms with Crippen LogP contribution in [-0.2, 0) is 4.74 Å². The van der Waals surface area contributed by atoms with Gasteiger partial charge in [-0.1, -0.05) is 0 Å². The van der Waals surface area contributed by atoms with Crippen LogP contribution in [0.5, 0.6) is 0 Å². The molecule has 0 aliphatic rings. The molecule has 0 aliphatic heterocycles. The molecule has 3 N–H and O–H groups in total. The highest BCUT2D eigenvalue weighted by molar-refractivity contribution is 5.67. The fourth-order valence-electron chi connectivity index (χ4n) is 1.84. The number of nitrogens with one attached hydrogen (secondary N) is 1. The molecule has 0 saturated heterocycles. The number of nitrogen functional groups attached to an aromatic ring is 1. The average molecular weight is 293 g/mol. The summed E-state index contributed by atoms with van der Waals surface area (Å²) in [6.07, 6.45) is 1.56. The standard InChI is InChI=1S/C16H27N3O2/c1-16(2,3)21-15(20)18-11-5-6-12-19(4)14-9-7-13(17)8-10-14/h7-10H,5-6,11-12,17H2,1-4H3,(H,18,20). The maximum atomic E-state index is 11.5. The van der Waals surface area contributed by atoms with Gasteiger partial charge in [-0.05, 0) is 57.9 Å². The second-order valence-corrected chi connectivity index (χ2v) is 6.15. The van der Waals surface area contributed by atoms with Crippen LogP contribution in [0.3, 0.4) is 0 Å². The first kappa shape index (κ1) is 17.1. The molecule has 0 fully saturated rings. The number of amides is 1. The van der Waals surface area contributed by atoms with Crippen LogP contribution in [0.25, 0.3) is 0 Å². The molecule has 5 heteroatoms. The zero-order valence-electron chi connectivity index (χ0n) is 13.5. The molecule has 0 radical (unpaired) electrons. The number of alkyl carbamates (subject to hydrolysis) is 1. The average Bonchev–Trinajstić information content (AvgIpc) is 2.36. The van der Waals surface area contributed by atoms with Crippen LogP contribution in [0.15, 0.2) is 24.3 Å². The third-order valence-corrected chi connectivity index (χ3v) is 2.92. The molecule has 0 bridgehead atoms. The molecule has 1 aromatic rings. The number of rotatable bonds is 6. The van der Waals surface area contributed by atoms with Gasteiger partial charge in [0.2, 0.25) is 0 Å². The van der Waals surface area contributed by atoms with E-state index in [-0.39, 0.29) is 6.09 Å². The second-order valence-electron chi connectivity index (χ2n) is 6.15. The molecule has 0 heterocycles. The van der Waals surface area contributed by atoms with Crippen molar-refractivity contribution in [2.24, 2.45) is 0 Å². The highest BCUT2D eigenvalue weighted by Gasteiger charge is 2.15. The van der Waals surface area contributed by atoms with Crippen molar-refractivity contribution in [3.8, 4) is 0 Å². The van der Waals surface area contributed by atoms with E-state index < -0.39 is 5.60 Å². The minimum Gasteiger partial charge on any atom is -0.444 e. The summed E-state index contributed by atoms with van der Waals surface area (Å²) in [5.41, 5.74) is 7.14. The van der Waals surface area contributed by atoms with Crippen LogP contribution in [0.1, 0.15) is 33.6 Å². The van der Waals surface area contributed by atoms with Crippen molar-refractivity contribution in [1.29, 1.82) is 0 Å². The van der Waals surface area contributed by atoms with E-state index in [0.717, 1.165) is 30.8 Å². The summed E-state index contributed by atoms with van der Waals surface area (Å²) in [4.78, 5) is 13.6.